The van der Waals surface area contributed by atoms with Gasteiger partial charge in [-0.05, 0) is 72.8 Å². The molecule has 4 heterocycles. The number of pyridine rings is 1. The van der Waals surface area contributed by atoms with E-state index >= 15 is 0 Å². The van der Waals surface area contributed by atoms with Crippen molar-refractivity contribution in [2.24, 2.45) is 0 Å². The van der Waals surface area contributed by atoms with Crippen molar-refractivity contribution in [1.82, 2.24) is 19.5 Å². The van der Waals surface area contributed by atoms with Gasteiger partial charge in [0, 0.05) is 28.1 Å². The summed E-state index contributed by atoms with van der Waals surface area (Å²) in [6, 6.07) is 34.1. The number of para-hydroxylation sites is 4. The number of hydrogen-bond acceptors (Lipinski definition) is 5. The van der Waals surface area contributed by atoms with Crippen LogP contribution >= 0.6 is 0 Å². The first-order valence-corrected chi connectivity index (χ1v) is 12.0. The SMILES string of the molecule is c1ccc(-n2c3ccc(-c4nc5ccccc5o4)cc3c3cc(-c4nc5ccccc5o4)ccc32)nc1. The van der Waals surface area contributed by atoms with Gasteiger partial charge >= 0.3 is 0 Å². The molecule has 0 saturated carbocycles. The zero-order valence-electron chi connectivity index (χ0n) is 19.5. The Bertz CT molecular complexity index is 1900. The average Bonchev–Trinajstić information content (AvgIpc) is 3.66. The highest BCUT2D eigenvalue weighted by Crippen LogP contribution is 2.37. The highest BCUT2D eigenvalue weighted by atomic mass is 16.4. The Balaban J connectivity index is 1.39. The Morgan fingerprint density at radius 1 is 0.541 bits per heavy atom. The molecule has 6 heteroatoms. The quantitative estimate of drug-likeness (QED) is 0.259. The van der Waals surface area contributed by atoms with E-state index in [0.717, 1.165) is 61.0 Å². The summed E-state index contributed by atoms with van der Waals surface area (Å²) >= 11 is 0. The molecular weight excluding hydrogens is 460 g/mol. The van der Waals surface area contributed by atoms with Crippen molar-refractivity contribution in [3.63, 3.8) is 0 Å². The third-order valence-corrected chi connectivity index (χ3v) is 6.73. The van der Waals surface area contributed by atoms with Gasteiger partial charge in [-0.2, -0.15) is 0 Å². The van der Waals surface area contributed by atoms with E-state index in [-0.39, 0.29) is 0 Å². The summed E-state index contributed by atoms with van der Waals surface area (Å²) in [5.74, 6) is 2.04. The van der Waals surface area contributed by atoms with Gasteiger partial charge in [0.15, 0.2) is 11.2 Å². The smallest absolute Gasteiger partial charge is 0.227 e. The molecule has 0 bridgehead atoms. The molecule has 0 aliphatic heterocycles. The summed E-state index contributed by atoms with van der Waals surface area (Å²) in [5, 5.41) is 2.14. The van der Waals surface area contributed by atoms with Crippen LogP contribution < -0.4 is 0 Å². The van der Waals surface area contributed by atoms with Crippen molar-refractivity contribution in [2.45, 2.75) is 0 Å². The van der Waals surface area contributed by atoms with Crippen molar-refractivity contribution in [2.75, 3.05) is 0 Å². The maximum absolute atomic E-state index is 6.08. The Hall–Kier alpha value is -5.23. The second-order valence-corrected chi connectivity index (χ2v) is 8.96. The fourth-order valence-electron chi connectivity index (χ4n) is 5.01. The number of rotatable bonds is 3. The normalized spacial score (nSPS) is 11.8. The van der Waals surface area contributed by atoms with Crippen LogP contribution in [0.5, 0.6) is 0 Å². The Labute approximate surface area is 210 Å². The van der Waals surface area contributed by atoms with E-state index < -0.39 is 0 Å². The first-order chi connectivity index (χ1) is 18.3. The van der Waals surface area contributed by atoms with Crippen molar-refractivity contribution in [1.29, 1.82) is 0 Å². The topological polar surface area (TPSA) is 69.9 Å². The van der Waals surface area contributed by atoms with Crippen LogP contribution in [0.3, 0.4) is 0 Å². The number of oxazole rings is 2. The standard InChI is InChI=1S/C31H18N4O2/c1-3-9-27-23(7-1)33-30(36-27)19-12-14-25-21(17-19)22-18-20(31-34-24-8-2-4-10-28(24)37-31)13-15-26(22)35(25)29-11-5-6-16-32-29/h1-18H. The molecule has 0 fully saturated rings. The summed E-state index contributed by atoms with van der Waals surface area (Å²) in [4.78, 5) is 14.1. The molecule has 174 valence electrons. The predicted octanol–water partition coefficient (Wildman–Crippen LogP) is 7.80. The fraction of sp³-hybridized carbons (Fsp3) is 0. The Morgan fingerprint density at radius 3 is 1.59 bits per heavy atom. The monoisotopic (exact) mass is 478 g/mol. The minimum Gasteiger partial charge on any atom is -0.436 e. The summed E-state index contributed by atoms with van der Waals surface area (Å²) in [5.41, 5.74) is 7.13. The molecule has 0 N–H and O–H groups in total. The van der Waals surface area contributed by atoms with Crippen LogP contribution in [0.15, 0.2) is 118 Å². The predicted molar refractivity (Wildman–Crippen MR) is 145 cm³/mol. The first kappa shape index (κ1) is 20.0. The number of benzene rings is 4. The number of hydrogen-bond donors (Lipinski definition) is 0. The van der Waals surface area contributed by atoms with Gasteiger partial charge in [-0.3, -0.25) is 4.57 Å². The number of fused-ring (bicyclic) bond motifs is 5. The summed E-state index contributed by atoms with van der Waals surface area (Å²) in [7, 11) is 0. The maximum Gasteiger partial charge on any atom is 0.227 e. The van der Waals surface area contributed by atoms with Crippen molar-refractivity contribution in [3.8, 4) is 28.7 Å². The Kier molecular flexibility index (Phi) is 4.13. The molecule has 0 saturated heterocycles. The molecule has 6 nitrogen and oxygen atoms in total. The molecule has 4 aromatic carbocycles. The van der Waals surface area contributed by atoms with Gasteiger partial charge in [-0.15, -0.1) is 0 Å². The Morgan fingerprint density at radius 2 is 1.08 bits per heavy atom. The van der Waals surface area contributed by atoms with Crippen molar-refractivity contribution >= 4 is 44.0 Å². The highest BCUT2D eigenvalue weighted by Gasteiger charge is 2.18. The zero-order valence-corrected chi connectivity index (χ0v) is 19.5. The molecule has 0 unspecified atom stereocenters. The lowest BCUT2D eigenvalue weighted by Gasteiger charge is -2.06. The van der Waals surface area contributed by atoms with E-state index in [9.17, 15) is 0 Å². The van der Waals surface area contributed by atoms with Gasteiger partial charge in [0.2, 0.25) is 11.8 Å². The number of nitrogens with zero attached hydrogens (tertiary/aromatic N) is 4. The van der Waals surface area contributed by atoms with Gasteiger partial charge in [0.25, 0.3) is 0 Å². The van der Waals surface area contributed by atoms with Crippen LogP contribution in [0, 0.1) is 0 Å². The van der Waals surface area contributed by atoms with Gasteiger partial charge in [-0.1, -0.05) is 30.3 Å². The lowest BCUT2D eigenvalue weighted by atomic mass is 10.1. The van der Waals surface area contributed by atoms with Crippen LogP contribution in [0.25, 0.3) is 72.7 Å². The third-order valence-electron chi connectivity index (χ3n) is 6.73. The molecule has 0 amide bonds. The molecule has 0 aliphatic carbocycles. The molecule has 8 rings (SSSR count). The van der Waals surface area contributed by atoms with E-state index in [1.807, 2.05) is 85.1 Å². The van der Waals surface area contributed by atoms with E-state index in [0.29, 0.717) is 11.8 Å². The van der Waals surface area contributed by atoms with E-state index in [4.69, 9.17) is 18.8 Å². The van der Waals surface area contributed by atoms with Gasteiger partial charge < -0.3 is 8.83 Å². The van der Waals surface area contributed by atoms with Crippen LogP contribution in [0.1, 0.15) is 0 Å². The fourth-order valence-corrected chi connectivity index (χ4v) is 5.01. The zero-order chi connectivity index (χ0) is 24.3. The summed E-state index contributed by atoms with van der Waals surface area (Å²) in [6.45, 7) is 0. The average molecular weight is 479 g/mol. The van der Waals surface area contributed by atoms with E-state index in [1.165, 1.54) is 0 Å². The molecule has 0 radical (unpaired) electrons. The van der Waals surface area contributed by atoms with Crippen molar-refractivity contribution < 1.29 is 8.83 Å². The molecule has 0 spiro atoms. The molecular formula is C31H18N4O2. The minimum atomic E-state index is 0.594. The molecule has 4 aromatic heterocycles. The lowest BCUT2D eigenvalue weighted by molar-refractivity contribution is 0.619. The lowest BCUT2D eigenvalue weighted by Crippen LogP contribution is -1.96. The first-order valence-electron chi connectivity index (χ1n) is 12.0. The van der Waals surface area contributed by atoms with Gasteiger partial charge in [-0.25, -0.2) is 15.0 Å². The van der Waals surface area contributed by atoms with Crippen molar-refractivity contribution in [3.05, 3.63) is 109 Å². The van der Waals surface area contributed by atoms with Crippen LogP contribution in [-0.4, -0.2) is 19.5 Å². The van der Waals surface area contributed by atoms with Gasteiger partial charge in [0.05, 0.1) is 11.0 Å². The number of aromatic nitrogens is 4. The van der Waals surface area contributed by atoms with Gasteiger partial charge in [0.1, 0.15) is 16.9 Å². The van der Waals surface area contributed by atoms with E-state index in [2.05, 4.69) is 33.8 Å². The van der Waals surface area contributed by atoms with Crippen LogP contribution in [0.4, 0.5) is 0 Å². The minimum absolute atomic E-state index is 0.594. The summed E-state index contributed by atoms with van der Waals surface area (Å²) < 4.78 is 14.3. The molecule has 37 heavy (non-hydrogen) atoms. The summed E-state index contributed by atoms with van der Waals surface area (Å²) in [6.07, 6.45) is 1.81. The molecule has 0 atom stereocenters. The van der Waals surface area contributed by atoms with Crippen LogP contribution in [-0.2, 0) is 0 Å². The third kappa shape index (κ3) is 3.09. The maximum atomic E-state index is 6.08. The highest BCUT2D eigenvalue weighted by molar-refractivity contribution is 6.11. The second kappa shape index (κ2) is 7.63. The van der Waals surface area contributed by atoms with E-state index in [1.54, 1.807) is 0 Å². The largest absolute Gasteiger partial charge is 0.436 e. The molecule has 0 aliphatic rings. The van der Waals surface area contributed by atoms with Crippen LogP contribution in [0.2, 0.25) is 0 Å². The molecule has 8 aromatic rings. The second-order valence-electron chi connectivity index (χ2n) is 8.96.